The third-order valence-corrected chi connectivity index (χ3v) is 9.36. The molecule has 3 aliphatic heterocycles. The molecule has 0 radical (unpaired) electrons. The number of carbonyl (C=O) groups is 1. The fourth-order valence-electron chi connectivity index (χ4n) is 5.14. The van der Waals surface area contributed by atoms with E-state index in [-0.39, 0.29) is 26.7 Å². The zero-order chi connectivity index (χ0) is 25.0. The monoisotopic (exact) mass is 496 g/mol. The van der Waals surface area contributed by atoms with E-state index in [1.54, 1.807) is 27.1 Å². The van der Waals surface area contributed by atoms with Gasteiger partial charge in [0.15, 0.2) is 15.5 Å². The number of sulfone groups is 1. The predicted octanol–water partition coefficient (Wildman–Crippen LogP) is 3.39. The summed E-state index contributed by atoms with van der Waals surface area (Å²) in [7, 11) is -0.327. The number of rotatable bonds is 4. The number of carbonyl (C=O) groups excluding carboxylic acids is 1. The molecule has 1 saturated heterocycles. The molecule has 1 N–H and O–H groups in total. The van der Waals surface area contributed by atoms with Gasteiger partial charge in [-0.3, -0.25) is 0 Å². The number of quaternary nitrogens is 1. The zero-order valence-electron chi connectivity index (χ0n) is 20.4. The fourth-order valence-corrected chi connectivity index (χ4v) is 6.22. The molecule has 35 heavy (non-hydrogen) atoms. The normalized spacial score (nSPS) is 22.7. The molecule has 2 aromatic carbocycles. The molecule has 5 rings (SSSR count). The summed E-state index contributed by atoms with van der Waals surface area (Å²) in [6, 6.07) is 12.2. The third-order valence-electron chi connectivity index (χ3n) is 7.21. The first-order valence-corrected chi connectivity index (χ1v) is 13.3. The zero-order valence-corrected chi connectivity index (χ0v) is 21.2. The molecule has 0 saturated carbocycles. The number of ether oxygens (including phenoxy) is 2. The molecule has 1 unspecified atom stereocenters. The number of hydrogen-bond acceptors (Lipinski definition) is 7. The molecule has 1 spiro atoms. The first-order valence-electron chi connectivity index (χ1n) is 11.8. The van der Waals surface area contributed by atoms with Crippen LogP contribution in [0.3, 0.4) is 0 Å². The highest BCUT2D eigenvalue weighted by Crippen LogP contribution is 2.50. The van der Waals surface area contributed by atoms with Crippen LogP contribution in [-0.2, 0) is 9.84 Å². The van der Waals surface area contributed by atoms with Crippen LogP contribution in [0.2, 0.25) is 0 Å². The molecule has 8 nitrogen and oxygen atoms in total. The van der Waals surface area contributed by atoms with Gasteiger partial charge in [0.25, 0.3) is 0 Å². The minimum absolute atomic E-state index is 0.124. The van der Waals surface area contributed by atoms with Gasteiger partial charge in [-0.25, -0.2) is 13.2 Å². The second-order valence-corrected chi connectivity index (χ2v) is 12.1. The summed E-state index contributed by atoms with van der Waals surface area (Å²) in [5.41, 5.74) is 2.27. The summed E-state index contributed by atoms with van der Waals surface area (Å²) >= 11 is 0. The van der Waals surface area contributed by atoms with Gasteiger partial charge in [-0.05, 0) is 57.3 Å². The second kappa shape index (κ2) is 8.29. The molecule has 3 heterocycles. The Bertz CT molecular complexity index is 1370. The maximum Gasteiger partial charge on any atom is 0.380 e. The van der Waals surface area contributed by atoms with Crippen LogP contribution in [-0.4, -0.2) is 63.2 Å². The average molecular weight is 497 g/mol. The second-order valence-electron chi connectivity index (χ2n) is 9.57. The Kier molecular flexibility index (Phi) is 5.62. The number of methoxy groups -OCH3 is 1. The van der Waals surface area contributed by atoms with Gasteiger partial charge in [0.2, 0.25) is 0 Å². The van der Waals surface area contributed by atoms with Crippen LogP contribution in [0.15, 0.2) is 58.0 Å². The molecule has 184 valence electrons. The van der Waals surface area contributed by atoms with Crippen molar-refractivity contribution >= 4 is 27.7 Å². The van der Waals surface area contributed by atoms with Crippen LogP contribution in [0.5, 0.6) is 11.5 Å². The van der Waals surface area contributed by atoms with Crippen molar-refractivity contribution in [2.45, 2.75) is 42.4 Å². The van der Waals surface area contributed by atoms with Crippen molar-refractivity contribution in [1.82, 2.24) is 5.32 Å². The minimum Gasteiger partial charge on any atom is -0.496 e. The van der Waals surface area contributed by atoms with E-state index in [0.717, 1.165) is 48.5 Å². The lowest BCUT2D eigenvalue weighted by atomic mass is 9.80. The Balaban J connectivity index is 1.64. The SMILES string of the molecule is COc1cc(S(=O)(=O)C(C)C)ccc1C(=O)[N+]1(C)N=CC2=C1c1ccccc1OC21CCNCC1. The molecule has 0 bridgehead atoms. The molecule has 1 atom stereocenters. The summed E-state index contributed by atoms with van der Waals surface area (Å²) in [5, 5.41) is 7.52. The van der Waals surface area contributed by atoms with E-state index in [2.05, 4.69) is 5.32 Å². The van der Waals surface area contributed by atoms with Crippen molar-refractivity contribution in [2.24, 2.45) is 5.10 Å². The summed E-state index contributed by atoms with van der Waals surface area (Å²) in [4.78, 5) is 14.2. The van der Waals surface area contributed by atoms with Crippen LogP contribution in [0.4, 0.5) is 0 Å². The standard InChI is InChI=1S/C26H30N3O5S/c1-17(2)35(31,32)18-9-10-20(23(15-18)33-4)25(30)29(3)24-19-7-5-6-8-22(19)34-26(21(24)16-28-29)11-13-27-14-12-26/h5-10,15-17,27H,11-14H2,1-4H3/q+1. The molecular weight excluding hydrogens is 466 g/mol. The Labute approximate surface area is 205 Å². The van der Waals surface area contributed by atoms with Gasteiger partial charge in [-0.15, -0.1) is 4.59 Å². The summed E-state index contributed by atoms with van der Waals surface area (Å²) in [5.74, 6) is 0.635. The number of para-hydroxylation sites is 1. The van der Waals surface area contributed by atoms with Crippen molar-refractivity contribution in [1.29, 1.82) is 0 Å². The van der Waals surface area contributed by atoms with Crippen LogP contribution >= 0.6 is 0 Å². The Morgan fingerprint density at radius 1 is 1.17 bits per heavy atom. The van der Waals surface area contributed by atoms with Gasteiger partial charge in [0, 0.05) is 12.8 Å². The van der Waals surface area contributed by atoms with Crippen LogP contribution < -0.4 is 14.8 Å². The average Bonchev–Trinajstić information content (AvgIpc) is 3.23. The smallest absolute Gasteiger partial charge is 0.380 e. The van der Waals surface area contributed by atoms with Gasteiger partial charge in [-0.2, -0.15) is 0 Å². The van der Waals surface area contributed by atoms with Crippen LogP contribution in [0, 0.1) is 0 Å². The van der Waals surface area contributed by atoms with Gasteiger partial charge >= 0.3 is 5.91 Å². The van der Waals surface area contributed by atoms with Gasteiger partial charge < -0.3 is 14.8 Å². The summed E-state index contributed by atoms with van der Waals surface area (Å²) in [6.07, 6.45) is 3.31. The maximum absolute atomic E-state index is 14.1. The van der Waals surface area contributed by atoms with Crippen molar-refractivity contribution in [3.8, 4) is 11.5 Å². The molecule has 9 heteroatoms. The molecule has 0 aliphatic carbocycles. The van der Waals surface area contributed by atoms with Crippen molar-refractivity contribution in [3.05, 3.63) is 59.2 Å². The molecule has 3 aliphatic rings. The van der Waals surface area contributed by atoms with E-state index >= 15 is 0 Å². The number of amides is 1. The van der Waals surface area contributed by atoms with E-state index in [1.807, 2.05) is 24.3 Å². The number of hydrogen-bond donors (Lipinski definition) is 1. The largest absolute Gasteiger partial charge is 0.496 e. The summed E-state index contributed by atoms with van der Waals surface area (Å²) < 4.78 is 37.1. The van der Waals surface area contributed by atoms with Gasteiger partial charge in [-0.1, -0.05) is 17.2 Å². The Morgan fingerprint density at radius 2 is 1.89 bits per heavy atom. The molecule has 1 fully saturated rings. The third kappa shape index (κ3) is 3.52. The van der Waals surface area contributed by atoms with E-state index in [9.17, 15) is 13.2 Å². The lowest BCUT2D eigenvalue weighted by Crippen LogP contribution is -2.51. The highest BCUT2D eigenvalue weighted by molar-refractivity contribution is 7.92. The van der Waals surface area contributed by atoms with Gasteiger partial charge in [0.05, 0.1) is 34.6 Å². The lowest BCUT2D eigenvalue weighted by Gasteiger charge is -2.42. The quantitative estimate of drug-likeness (QED) is 0.653. The van der Waals surface area contributed by atoms with Crippen molar-refractivity contribution in [2.75, 3.05) is 27.2 Å². The Hall–Kier alpha value is -3.01. The first-order chi connectivity index (χ1) is 16.6. The molecule has 1 amide bonds. The van der Waals surface area contributed by atoms with E-state index < -0.39 is 20.7 Å². The van der Waals surface area contributed by atoms with Crippen molar-refractivity contribution in [3.63, 3.8) is 0 Å². The number of piperidine rings is 1. The highest BCUT2D eigenvalue weighted by Gasteiger charge is 2.55. The lowest BCUT2D eigenvalue weighted by molar-refractivity contribution is -0.758. The Morgan fingerprint density at radius 3 is 2.57 bits per heavy atom. The first kappa shape index (κ1) is 23.7. The van der Waals surface area contributed by atoms with E-state index in [4.69, 9.17) is 14.6 Å². The van der Waals surface area contributed by atoms with Crippen molar-refractivity contribution < 1.29 is 27.3 Å². The van der Waals surface area contributed by atoms with Gasteiger partial charge in [0.1, 0.15) is 29.7 Å². The fraction of sp³-hybridized carbons (Fsp3) is 0.385. The number of fused-ring (bicyclic) bond motifs is 3. The highest BCUT2D eigenvalue weighted by atomic mass is 32.2. The predicted molar refractivity (Wildman–Crippen MR) is 133 cm³/mol. The molecule has 2 aromatic rings. The van der Waals surface area contributed by atoms with E-state index in [1.165, 1.54) is 25.3 Å². The van der Waals surface area contributed by atoms with Crippen LogP contribution in [0.25, 0.3) is 5.70 Å². The maximum atomic E-state index is 14.1. The number of nitrogens with one attached hydrogen (secondary N) is 1. The van der Waals surface area contributed by atoms with E-state index in [0.29, 0.717) is 0 Å². The van der Waals surface area contributed by atoms with Crippen LogP contribution in [0.1, 0.15) is 42.6 Å². The number of benzene rings is 2. The number of nitrogens with zero attached hydrogens (tertiary/aromatic N) is 2. The minimum atomic E-state index is -3.52. The summed E-state index contributed by atoms with van der Waals surface area (Å²) in [6.45, 7) is 4.87. The topological polar surface area (TPSA) is 94.1 Å². The molecular formula is C26H30N3O5S+. The molecule has 0 aromatic heterocycles.